The van der Waals surface area contributed by atoms with Gasteiger partial charge in [0.15, 0.2) is 0 Å². The van der Waals surface area contributed by atoms with Gasteiger partial charge in [-0.15, -0.1) is 0 Å². The fraction of sp³-hybridized carbons (Fsp3) is 0.500. The molecule has 0 fully saturated rings. The van der Waals surface area contributed by atoms with Gasteiger partial charge >= 0.3 is 0 Å². The molecule has 0 unspecified atom stereocenters. The van der Waals surface area contributed by atoms with Gasteiger partial charge in [0.05, 0.1) is 19.9 Å². The average molecular weight is 206 g/mol. The second-order valence-electron chi connectivity index (χ2n) is 5.23. The summed E-state index contributed by atoms with van der Waals surface area (Å²) in [6.45, 7) is 10.2. The maximum atomic E-state index is 6.04. The van der Waals surface area contributed by atoms with E-state index in [-0.39, 0.29) is 5.22 Å². The van der Waals surface area contributed by atoms with E-state index in [0.29, 0.717) is 0 Å². The van der Waals surface area contributed by atoms with Gasteiger partial charge in [0.25, 0.3) is 0 Å². The third-order valence-electron chi connectivity index (χ3n) is 3.48. The van der Waals surface area contributed by atoms with E-state index in [1.165, 1.54) is 11.1 Å². The maximum absolute atomic E-state index is 6.04. The van der Waals surface area contributed by atoms with Crippen LogP contribution in [-0.2, 0) is 16.6 Å². The molecule has 76 valence electrons. The van der Waals surface area contributed by atoms with Gasteiger partial charge < -0.3 is 4.74 Å². The first-order chi connectivity index (χ1) is 6.45. The highest BCUT2D eigenvalue weighted by Crippen LogP contribution is 2.42. The molecule has 1 aliphatic rings. The van der Waals surface area contributed by atoms with Gasteiger partial charge in [-0.1, -0.05) is 43.9 Å². The molecule has 0 bridgehead atoms. The summed E-state index contributed by atoms with van der Waals surface area (Å²) in [6, 6.07) is 8.62. The zero-order chi connectivity index (χ0) is 10.4. The van der Waals surface area contributed by atoms with E-state index in [1.807, 2.05) is 0 Å². The van der Waals surface area contributed by atoms with Crippen LogP contribution in [0.5, 0.6) is 0 Å². The van der Waals surface area contributed by atoms with Crippen LogP contribution in [0.1, 0.15) is 18.1 Å². The summed E-state index contributed by atoms with van der Waals surface area (Å²) in [7, 11) is -1.32. The fourth-order valence-electron chi connectivity index (χ4n) is 2.03. The van der Waals surface area contributed by atoms with Crippen LogP contribution in [-0.4, -0.2) is 8.07 Å². The standard InChI is InChI=1S/C12H18OSi/c1-12(14(2,3)4)11-8-6-5-7-10(11)9-13-12/h5-8H,9H2,1-4H3/t12-/m1/s1. The molecule has 0 N–H and O–H groups in total. The Kier molecular flexibility index (Phi) is 2.09. The number of hydrogen-bond donors (Lipinski definition) is 0. The lowest BCUT2D eigenvalue weighted by molar-refractivity contribution is 0.0342. The van der Waals surface area contributed by atoms with E-state index < -0.39 is 8.07 Å². The molecule has 0 saturated heterocycles. The number of ether oxygens (including phenoxy) is 1. The van der Waals surface area contributed by atoms with Crippen LogP contribution in [0.3, 0.4) is 0 Å². The van der Waals surface area contributed by atoms with Crippen LogP contribution in [0.25, 0.3) is 0 Å². The summed E-state index contributed by atoms with van der Waals surface area (Å²) in [4.78, 5) is 0. The van der Waals surface area contributed by atoms with Crippen molar-refractivity contribution < 1.29 is 4.74 Å². The molecular formula is C12H18OSi. The Balaban J connectivity index is 2.53. The Morgan fingerprint density at radius 2 is 1.86 bits per heavy atom. The molecule has 1 aromatic carbocycles. The van der Waals surface area contributed by atoms with Crippen LogP contribution >= 0.6 is 0 Å². The largest absolute Gasteiger partial charge is 0.370 e. The predicted octanol–water partition coefficient (Wildman–Crippen LogP) is 3.31. The normalized spacial score (nSPS) is 26.3. The molecule has 0 radical (unpaired) electrons. The van der Waals surface area contributed by atoms with E-state index >= 15 is 0 Å². The van der Waals surface area contributed by atoms with E-state index in [0.717, 1.165) is 6.61 Å². The van der Waals surface area contributed by atoms with Crippen molar-refractivity contribution >= 4 is 8.07 Å². The van der Waals surface area contributed by atoms with Gasteiger partial charge in [0.1, 0.15) is 0 Å². The molecule has 1 nitrogen and oxygen atoms in total. The topological polar surface area (TPSA) is 9.23 Å². The van der Waals surface area contributed by atoms with E-state index in [2.05, 4.69) is 50.8 Å². The molecule has 0 aliphatic carbocycles. The highest BCUT2D eigenvalue weighted by Gasteiger charge is 2.46. The van der Waals surface area contributed by atoms with Gasteiger partial charge in [0, 0.05) is 0 Å². The minimum absolute atomic E-state index is 0.00356. The number of benzene rings is 1. The summed E-state index contributed by atoms with van der Waals surface area (Å²) in [5.74, 6) is 0. The van der Waals surface area contributed by atoms with E-state index in [4.69, 9.17) is 4.74 Å². The molecule has 1 aromatic rings. The summed E-state index contributed by atoms with van der Waals surface area (Å²) in [5.41, 5.74) is 2.79. The quantitative estimate of drug-likeness (QED) is 0.641. The molecule has 1 atom stereocenters. The highest BCUT2D eigenvalue weighted by molar-refractivity contribution is 6.78. The van der Waals surface area contributed by atoms with Crippen LogP contribution in [0, 0.1) is 0 Å². The van der Waals surface area contributed by atoms with Gasteiger partial charge in [-0.25, -0.2) is 0 Å². The van der Waals surface area contributed by atoms with Gasteiger partial charge in [-0.3, -0.25) is 0 Å². The lowest BCUT2D eigenvalue weighted by Crippen LogP contribution is -2.46. The first-order valence-corrected chi connectivity index (χ1v) is 8.67. The Morgan fingerprint density at radius 1 is 1.21 bits per heavy atom. The average Bonchev–Trinajstić information content (AvgIpc) is 2.45. The lowest BCUT2D eigenvalue weighted by Gasteiger charge is -2.37. The Bertz CT molecular complexity index is 354. The second-order valence-corrected chi connectivity index (χ2v) is 10.7. The molecule has 14 heavy (non-hydrogen) atoms. The molecule has 0 spiro atoms. The van der Waals surface area contributed by atoms with Crippen LogP contribution in [0.2, 0.25) is 19.6 Å². The first kappa shape index (κ1) is 9.93. The molecule has 2 heteroatoms. The minimum Gasteiger partial charge on any atom is -0.370 e. The monoisotopic (exact) mass is 206 g/mol. The molecular weight excluding hydrogens is 188 g/mol. The lowest BCUT2D eigenvalue weighted by atomic mass is 10.1. The molecule has 0 amide bonds. The predicted molar refractivity (Wildman–Crippen MR) is 61.9 cm³/mol. The Morgan fingerprint density at radius 3 is 2.50 bits per heavy atom. The fourth-order valence-corrected chi connectivity index (χ4v) is 3.59. The van der Waals surface area contributed by atoms with Crippen molar-refractivity contribution in [3.05, 3.63) is 35.4 Å². The van der Waals surface area contributed by atoms with Gasteiger partial charge in [-0.2, -0.15) is 0 Å². The van der Waals surface area contributed by atoms with Crippen molar-refractivity contribution in [3.63, 3.8) is 0 Å². The number of hydrogen-bond acceptors (Lipinski definition) is 1. The van der Waals surface area contributed by atoms with Crippen molar-refractivity contribution in [2.24, 2.45) is 0 Å². The van der Waals surface area contributed by atoms with Crippen molar-refractivity contribution in [2.75, 3.05) is 0 Å². The van der Waals surface area contributed by atoms with Crippen LogP contribution < -0.4 is 0 Å². The number of fused-ring (bicyclic) bond motifs is 1. The molecule has 0 saturated carbocycles. The zero-order valence-electron chi connectivity index (χ0n) is 9.42. The highest BCUT2D eigenvalue weighted by atomic mass is 28.3. The van der Waals surface area contributed by atoms with E-state index in [1.54, 1.807) is 0 Å². The van der Waals surface area contributed by atoms with Crippen LogP contribution in [0.15, 0.2) is 24.3 Å². The first-order valence-electron chi connectivity index (χ1n) is 5.17. The van der Waals surface area contributed by atoms with Crippen molar-refractivity contribution in [3.8, 4) is 0 Å². The molecule has 1 heterocycles. The van der Waals surface area contributed by atoms with Crippen molar-refractivity contribution in [1.29, 1.82) is 0 Å². The van der Waals surface area contributed by atoms with Crippen molar-refractivity contribution in [1.82, 2.24) is 0 Å². The van der Waals surface area contributed by atoms with Crippen LogP contribution in [0.4, 0.5) is 0 Å². The Hall–Kier alpha value is -0.603. The SMILES string of the molecule is C[C@]1([Si](C)(C)C)OCc2ccccc21. The molecule has 1 aliphatic heterocycles. The third kappa shape index (κ3) is 1.25. The Labute approximate surface area is 87.1 Å². The smallest absolute Gasteiger partial charge is 0.0878 e. The maximum Gasteiger partial charge on any atom is 0.0878 e. The zero-order valence-corrected chi connectivity index (χ0v) is 10.4. The molecule has 2 rings (SSSR count). The summed E-state index contributed by atoms with van der Waals surface area (Å²) < 4.78 is 6.04. The second kappa shape index (κ2) is 2.94. The third-order valence-corrected chi connectivity index (χ3v) is 6.75. The molecule has 0 aromatic heterocycles. The van der Waals surface area contributed by atoms with Crippen molar-refractivity contribution in [2.45, 2.75) is 38.4 Å². The summed E-state index contributed by atoms with van der Waals surface area (Å²) >= 11 is 0. The minimum atomic E-state index is -1.32. The summed E-state index contributed by atoms with van der Waals surface area (Å²) in [6.07, 6.45) is 0. The van der Waals surface area contributed by atoms with E-state index in [9.17, 15) is 0 Å². The number of rotatable bonds is 1. The van der Waals surface area contributed by atoms with Gasteiger partial charge in [-0.05, 0) is 18.1 Å². The summed E-state index contributed by atoms with van der Waals surface area (Å²) in [5, 5.41) is 0.00356. The van der Waals surface area contributed by atoms with Gasteiger partial charge in [0.2, 0.25) is 0 Å².